The first-order valence-electron chi connectivity index (χ1n) is 7.30. The quantitative estimate of drug-likeness (QED) is 0.786. The third-order valence-electron chi connectivity index (χ3n) is 4.41. The maximum atomic E-state index is 11.5. The normalized spacial score (nSPS) is 28.1. The molecule has 3 fully saturated rings. The van der Waals surface area contributed by atoms with Crippen LogP contribution < -0.4 is 4.74 Å². The monoisotopic (exact) mass is 275 g/mol. The van der Waals surface area contributed by atoms with Gasteiger partial charge in [0.1, 0.15) is 11.9 Å². The van der Waals surface area contributed by atoms with Crippen molar-refractivity contribution in [2.24, 2.45) is 5.92 Å². The molecule has 3 saturated heterocycles. The van der Waals surface area contributed by atoms with Crippen molar-refractivity contribution in [3.05, 3.63) is 29.8 Å². The lowest BCUT2D eigenvalue weighted by atomic mass is 9.86. The van der Waals surface area contributed by atoms with Crippen LogP contribution in [0.5, 0.6) is 5.75 Å². The van der Waals surface area contributed by atoms with Crippen molar-refractivity contribution in [2.45, 2.75) is 25.4 Å². The minimum Gasteiger partial charge on any atom is -0.489 e. The molecular formula is C16H21NO3. The highest BCUT2D eigenvalue weighted by Gasteiger charge is 2.35. The number of ether oxygens (including phenoxy) is 2. The summed E-state index contributed by atoms with van der Waals surface area (Å²) in [7, 11) is 1.42. The summed E-state index contributed by atoms with van der Waals surface area (Å²) in [5.41, 5.74) is 0.913. The summed E-state index contributed by atoms with van der Waals surface area (Å²) >= 11 is 0. The zero-order valence-corrected chi connectivity index (χ0v) is 11.9. The molecule has 4 nitrogen and oxygen atoms in total. The van der Waals surface area contributed by atoms with E-state index in [1.54, 1.807) is 0 Å². The fraction of sp³-hybridized carbons (Fsp3) is 0.562. The van der Waals surface area contributed by atoms with Crippen LogP contribution in [0.2, 0.25) is 0 Å². The Kier molecular flexibility index (Phi) is 3.92. The number of esters is 1. The van der Waals surface area contributed by atoms with Gasteiger partial charge in [-0.15, -0.1) is 0 Å². The molecule has 4 heteroatoms. The molecule has 0 aliphatic carbocycles. The number of nitrogens with zero attached hydrogens (tertiary/aromatic N) is 1. The van der Waals surface area contributed by atoms with Crippen LogP contribution in [0.1, 0.15) is 18.4 Å². The molecule has 1 aromatic rings. The Hall–Kier alpha value is -1.55. The van der Waals surface area contributed by atoms with E-state index >= 15 is 0 Å². The molecule has 0 spiro atoms. The molecule has 1 unspecified atom stereocenters. The number of fused-ring (bicyclic) bond motifs is 3. The highest BCUT2D eigenvalue weighted by atomic mass is 16.5. The Balaban J connectivity index is 1.72. The van der Waals surface area contributed by atoms with Gasteiger partial charge in [0.15, 0.2) is 0 Å². The number of benzene rings is 1. The molecule has 0 aromatic heterocycles. The lowest BCUT2D eigenvalue weighted by Crippen LogP contribution is -2.52. The minimum atomic E-state index is -0.227. The van der Waals surface area contributed by atoms with Gasteiger partial charge >= 0.3 is 5.97 Å². The summed E-state index contributed by atoms with van der Waals surface area (Å²) in [6, 6.07) is 7.78. The summed E-state index contributed by atoms with van der Waals surface area (Å²) in [4.78, 5) is 13.9. The Morgan fingerprint density at radius 2 is 2.05 bits per heavy atom. The average Bonchev–Trinajstić information content (AvgIpc) is 2.50. The third kappa shape index (κ3) is 2.80. The van der Waals surface area contributed by atoms with Crippen LogP contribution in [-0.2, 0) is 16.0 Å². The molecule has 108 valence electrons. The van der Waals surface area contributed by atoms with Crippen molar-refractivity contribution in [2.75, 3.05) is 26.7 Å². The molecule has 1 atom stereocenters. The van der Waals surface area contributed by atoms with Gasteiger partial charge in [-0.1, -0.05) is 18.2 Å². The van der Waals surface area contributed by atoms with Crippen LogP contribution >= 0.6 is 0 Å². The van der Waals surface area contributed by atoms with Gasteiger partial charge in [-0.25, -0.2) is 0 Å². The second-order valence-electron chi connectivity index (χ2n) is 5.65. The molecule has 2 bridgehead atoms. The van der Waals surface area contributed by atoms with Gasteiger partial charge in [0, 0.05) is 12.1 Å². The lowest BCUT2D eigenvalue weighted by molar-refractivity contribution is -0.139. The van der Waals surface area contributed by atoms with Crippen molar-refractivity contribution in [3.63, 3.8) is 0 Å². The maximum absolute atomic E-state index is 11.5. The van der Waals surface area contributed by atoms with E-state index in [0.29, 0.717) is 5.92 Å². The second kappa shape index (κ2) is 5.83. The summed E-state index contributed by atoms with van der Waals surface area (Å²) in [5, 5.41) is 0. The van der Waals surface area contributed by atoms with E-state index in [9.17, 15) is 4.79 Å². The predicted octanol–water partition coefficient (Wildman–Crippen LogP) is 1.88. The van der Waals surface area contributed by atoms with Crippen LogP contribution in [-0.4, -0.2) is 43.7 Å². The number of piperidine rings is 3. The highest BCUT2D eigenvalue weighted by Crippen LogP contribution is 2.31. The van der Waals surface area contributed by atoms with E-state index in [0.717, 1.165) is 17.9 Å². The van der Waals surface area contributed by atoms with Gasteiger partial charge in [-0.3, -0.25) is 9.69 Å². The van der Waals surface area contributed by atoms with Gasteiger partial charge in [-0.2, -0.15) is 0 Å². The summed E-state index contributed by atoms with van der Waals surface area (Å²) in [5.74, 6) is 1.26. The van der Waals surface area contributed by atoms with Crippen LogP contribution in [0.4, 0.5) is 0 Å². The van der Waals surface area contributed by atoms with E-state index in [1.165, 1.54) is 33.0 Å². The smallest absolute Gasteiger partial charge is 0.310 e. The third-order valence-corrected chi connectivity index (χ3v) is 4.41. The standard InChI is InChI=1S/C16H21NO3/c1-19-16(18)10-13-4-2-3-5-14(13)20-15-11-17-8-6-12(15)7-9-17/h2-5,12,15H,6-11H2,1H3. The Bertz CT molecular complexity index is 480. The summed E-state index contributed by atoms with van der Waals surface area (Å²) in [6.45, 7) is 3.42. The average molecular weight is 275 g/mol. The van der Waals surface area contributed by atoms with E-state index in [4.69, 9.17) is 9.47 Å². The number of hydrogen-bond acceptors (Lipinski definition) is 4. The first-order valence-corrected chi connectivity index (χ1v) is 7.30. The Labute approximate surface area is 119 Å². The fourth-order valence-corrected chi connectivity index (χ4v) is 3.20. The Morgan fingerprint density at radius 1 is 1.30 bits per heavy atom. The van der Waals surface area contributed by atoms with E-state index < -0.39 is 0 Å². The summed E-state index contributed by atoms with van der Waals surface area (Å²) < 4.78 is 11.0. The van der Waals surface area contributed by atoms with Crippen LogP contribution in [0.25, 0.3) is 0 Å². The van der Waals surface area contributed by atoms with Gasteiger partial charge in [0.05, 0.1) is 13.5 Å². The number of carbonyl (C=O) groups excluding carboxylic acids is 1. The highest BCUT2D eigenvalue weighted by molar-refractivity contribution is 5.73. The lowest BCUT2D eigenvalue weighted by Gasteiger charge is -2.44. The predicted molar refractivity (Wildman–Crippen MR) is 75.7 cm³/mol. The molecule has 3 aliphatic heterocycles. The number of hydrogen-bond donors (Lipinski definition) is 0. The van der Waals surface area contributed by atoms with Gasteiger partial charge in [0.25, 0.3) is 0 Å². The molecular weight excluding hydrogens is 254 g/mol. The topological polar surface area (TPSA) is 38.8 Å². The Morgan fingerprint density at radius 3 is 2.70 bits per heavy atom. The van der Waals surface area contributed by atoms with Crippen LogP contribution in [0.15, 0.2) is 24.3 Å². The van der Waals surface area contributed by atoms with Crippen molar-refractivity contribution in [1.82, 2.24) is 4.90 Å². The molecule has 0 N–H and O–H groups in total. The van der Waals surface area contributed by atoms with Gasteiger partial charge in [-0.05, 0) is 37.9 Å². The van der Waals surface area contributed by atoms with Crippen LogP contribution in [0.3, 0.4) is 0 Å². The number of para-hydroxylation sites is 1. The maximum Gasteiger partial charge on any atom is 0.310 e. The number of methoxy groups -OCH3 is 1. The molecule has 4 rings (SSSR count). The molecule has 20 heavy (non-hydrogen) atoms. The zero-order chi connectivity index (χ0) is 13.9. The molecule has 1 aromatic carbocycles. The zero-order valence-electron chi connectivity index (χ0n) is 11.9. The molecule has 3 aliphatic rings. The molecule has 0 radical (unpaired) electrons. The fourth-order valence-electron chi connectivity index (χ4n) is 3.20. The first-order chi connectivity index (χ1) is 9.76. The van der Waals surface area contributed by atoms with Crippen molar-refractivity contribution in [1.29, 1.82) is 0 Å². The number of carbonyl (C=O) groups is 1. The SMILES string of the molecule is COC(=O)Cc1ccccc1OC1CN2CCC1CC2. The van der Waals surface area contributed by atoms with Crippen molar-refractivity contribution in [3.8, 4) is 5.75 Å². The van der Waals surface area contributed by atoms with E-state index in [2.05, 4.69) is 4.90 Å². The van der Waals surface area contributed by atoms with Gasteiger partial charge < -0.3 is 9.47 Å². The minimum absolute atomic E-state index is 0.227. The van der Waals surface area contributed by atoms with E-state index in [-0.39, 0.29) is 18.5 Å². The van der Waals surface area contributed by atoms with Crippen molar-refractivity contribution < 1.29 is 14.3 Å². The molecule has 3 heterocycles. The molecule has 0 saturated carbocycles. The van der Waals surface area contributed by atoms with Crippen LogP contribution in [0, 0.1) is 5.92 Å². The largest absolute Gasteiger partial charge is 0.489 e. The molecule has 0 amide bonds. The van der Waals surface area contributed by atoms with Crippen molar-refractivity contribution >= 4 is 5.97 Å². The van der Waals surface area contributed by atoms with Gasteiger partial charge in [0.2, 0.25) is 0 Å². The summed E-state index contributed by atoms with van der Waals surface area (Å²) in [6.07, 6.45) is 2.98. The second-order valence-corrected chi connectivity index (χ2v) is 5.65. The van der Waals surface area contributed by atoms with E-state index in [1.807, 2.05) is 24.3 Å². The first kappa shape index (κ1) is 13.4. The number of rotatable bonds is 4.